The Hall–Kier alpha value is -1.88. The van der Waals surface area contributed by atoms with Gasteiger partial charge in [0.15, 0.2) is 0 Å². The summed E-state index contributed by atoms with van der Waals surface area (Å²) in [4.78, 5) is 7.95. The lowest BCUT2D eigenvalue weighted by Crippen LogP contribution is -2.25. The average molecular weight is 388 g/mol. The first-order valence-electron chi connectivity index (χ1n) is 10.3. The molecular weight excluding hydrogens is 354 g/mol. The van der Waals surface area contributed by atoms with Gasteiger partial charge < -0.3 is 15.0 Å². The van der Waals surface area contributed by atoms with Gasteiger partial charge >= 0.3 is 0 Å². The van der Waals surface area contributed by atoms with Crippen LogP contribution in [0.1, 0.15) is 69.2 Å². The van der Waals surface area contributed by atoms with Gasteiger partial charge in [-0.3, -0.25) is 0 Å². The number of imidazole rings is 1. The predicted octanol–water partition coefficient (Wildman–Crippen LogP) is 5.22. The van der Waals surface area contributed by atoms with E-state index >= 15 is 0 Å². The highest BCUT2D eigenvalue weighted by atomic mass is 32.1. The molecule has 0 unspecified atom stereocenters. The summed E-state index contributed by atoms with van der Waals surface area (Å²) in [6, 6.07) is 6.37. The second kappa shape index (κ2) is 12.5. The van der Waals surface area contributed by atoms with Gasteiger partial charge in [-0.05, 0) is 43.0 Å². The molecule has 2 rings (SSSR count). The molecule has 0 fully saturated rings. The smallest absolute Gasteiger partial charge is 0.122 e. The minimum atomic E-state index is 0.793. The molecule has 0 aliphatic rings. The Morgan fingerprint density at radius 2 is 1.93 bits per heavy atom. The van der Waals surface area contributed by atoms with Crippen LogP contribution >= 0.6 is 12.2 Å². The van der Waals surface area contributed by atoms with Crippen LogP contribution in [0.25, 0.3) is 0 Å². The SMILES string of the molecule is CCCCCOc1ccc(C(=S)NCCc2cnc[nH]2)cc1CCCCC. The fraction of sp³-hybridized carbons (Fsp3) is 0.545. The molecule has 1 aromatic heterocycles. The Kier molecular flexibility index (Phi) is 9.91. The van der Waals surface area contributed by atoms with Gasteiger partial charge in [0.1, 0.15) is 10.7 Å². The molecule has 148 valence electrons. The van der Waals surface area contributed by atoms with Gasteiger partial charge in [0.2, 0.25) is 0 Å². The van der Waals surface area contributed by atoms with Gasteiger partial charge in [0.25, 0.3) is 0 Å². The number of aromatic amines is 1. The number of nitrogens with one attached hydrogen (secondary N) is 2. The van der Waals surface area contributed by atoms with E-state index in [-0.39, 0.29) is 0 Å². The number of H-pyrrole nitrogens is 1. The van der Waals surface area contributed by atoms with E-state index in [9.17, 15) is 0 Å². The quantitative estimate of drug-likeness (QED) is 0.365. The van der Waals surface area contributed by atoms with Crippen molar-refractivity contribution < 1.29 is 4.74 Å². The first-order chi connectivity index (χ1) is 13.2. The zero-order chi connectivity index (χ0) is 19.3. The van der Waals surface area contributed by atoms with Gasteiger partial charge in [-0.2, -0.15) is 0 Å². The molecule has 0 aliphatic heterocycles. The molecule has 0 aliphatic carbocycles. The molecule has 0 bridgehead atoms. The van der Waals surface area contributed by atoms with Gasteiger partial charge in [0.05, 0.1) is 12.9 Å². The largest absolute Gasteiger partial charge is 0.493 e. The van der Waals surface area contributed by atoms with Crippen molar-refractivity contribution in [3.05, 3.63) is 47.5 Å². The Bertz CT molecular complexity index is 670. The lowest BCUT2D eigenvalue weighted by atomic mass is 10.0. The van der Waals surface area contributed by atoms with Gasteiger partial charge in [-0.25, -0.2) is 4.98 Å². The first kappa shape index (κ1) is 21.4. The fourth-order valence-electron chi connectivity index (χ4n) is 2.99. The van der Waals surface area contributed by atoms with E-state index in [1.54, 1.807) is 6.33 Å². The van der Waals surface area contributed by atoms with Crippen molar-refractivity contribution >= 4 is 17.2 Å². The van der Waals surface area contributed by atoms with Crippen molar-refractivity contribution in [3.63, 3.8) is 0 Å². The normalized spacial score (nSPS) is 10.7. The van der Waals surface area contributed by atoms with Crippen LogP contribution in [0, 0.1) is 0 Å². The highest BCUT2D eigenvalue weighted by Crippen LogP contribution is 2.23. The average Bonchev–Trinajstić information content (AvgIpc) is 3.19. The molecular formula is C22H33N3OS. The summed E-state index contributed by atoms with van der Waals surface area (Å²) in [5.74, 6) is 1.02. The van der Waals surface area contributed by atoms with E-state index in [0.29, 0.717) is 0 Å². The Balaban J connectivity index is 1.95. The van der Waals surface area contributed by atoms with Crippen molar-refractivity contribution in [2.24, 2.45) is 0 Å². The molecule has 0 radical (unpaired) electrons. The number of hydrogen-bond acceptors (Lipinski definition) is 3. The van der Waals surface area contributed by atoms with Gasteiger partial charge in [-0.1, -0.05) is 51.7 Å². The second-order valence-electron chi connectivity index (χ2n) is 6.92. The third kappa shape index (κ3) is 7.71. The molecule has 2 N–H and O–H groups in total. The predicted molar refractivity (Wildman–Crippen MR) is 117 cm³/mol. The van der Waals surface area contributed by atoms with Crippen LogP contribution in [-0.4, -0.2) is 28.1 Å². The zero-order valence-corrected chi connectivity index (χ0v) is 17.5. The molecule has 0 amide bonds. The maximum absolute atomic E-state index is 6.06. The third-order valence-corrected chi connectivity index (χ3v) is 4.99. The van der Waals surface area contributed by atoms with E-state index in [2.05, 4.69) is 47.3 Å². The van der Waals surface area contributed by atoms with Crippen LogP contribution in [0.5, 0.6) is 5.75 Å². The number of hydrogen-bond donors (Lipinski definition) is 2. The van der Waals surface area contributed by atoms with Crippen LogP contribution in [0.3, 0.4) is 0 Å². The topological polar surface area (TPSA) is 49.9 Å². The van der Waals surface area contributed by atoms with Crippen molar-refractivity contribution in [2.45, 2.75) is 65.2 Å². The summed E-state index contributed by atoms with van der Waals surface area (Å²) < 4.78 is 6.06. The number of rotatable bonds is 13. The molecule has 4 nitrogen and oxygen atoms in total. The van der Waals surface area contributed by atoms with Crippen LogP contribution in [0.4, 0.5) is 0 Å². The van der Waals surface area contributed by atoms with Crippen LogP contribution in [0.2, 0.25) is 0 Å². The summed E-state index contributed by atoms with van der Waals surface area (Å²) in [6.07, 6.45) is 12.7. The molecule has 0 atom stereocenters. The molecule has 2 aromatic rings. The number of aromatic nitrogens is 2. The van der Waals surface area contributed by atoms with E-state index in [1.807, 2.05) is 6.20 Å². The van der Waals surface area contributed by atoms with E-state index in [0.717, 1.165) is 54.4 Å². The zero-order valence-electron chi connectivity index (χ0n) is 16.7. The van der Waals surface area contributed by atoms with Gasteiger partial charge in [-0.15, -0.1) is 0 Å². The number of benzene rings is 1. The molecule has 0 saturated heterocycles. The summed E-state index contributed by atoms with van der Waals surface area (Å²) in [5, 5.41) is 3.35. The minimum Gasteiger partial charge on any atom is -0.493 e. The number of aryl methyl sites for hydroxylation is 1. The minimum absolute atomic E-state index is 0.793. The molecule has 0 spiro atoms. The summed E-state index contributed by atoms with van der Waals surface area (Å²) in [7, 11) is 0. The third-order valence-electron chi connectivity index (χ3n) is 4.61. The number of ether oxygens (including phenoxy) is 1. The summed E-state index contributed by atoms with van der Waals surface area (Å²) in [5.41, 5.74) is 3.46. The Morgan fingerprint density at radius 3 is 2.67 bits per heavy atom. The second-order valence-corrected chi connectivity index (χ2v) is 7.33. The lowest BCUT2D eigenvalue weighted by Gasteiger charge is -2.14. The maximum Gasteiger partial charge on any atom is 0.122 e. The summed E-state index contributed by atoms with van der Waals surface area (Å²) in [6.45, 7) is 6.03. The van der Waals surface area contributed by atoms with Crippen molar-refractivity contribution in [1.82, 2.24) is 15.3 Å². The fourth-order valence-corrected chi connectivity index (χ4v) is 3.22. The Labute approximate surface area is 169 Å². The molecule has 1 heterocycles. The molecule has 0 saturated carbocycles. The van der Waals surface area contributed by atoms with Crippen molar-refractivity contribution in [2.75, 3.05) is 13.2 Å². The van der Waals surface area contributed by atoms with E-state index in [1.165, 1.54) is 37.7 Å². The number of nitrogens with zero attached hydrogens (tertiary/aromatic N) is 1. The molecule has 1 aromatic carbocycles. The first-order valence-corrected chi connectivity index (χ1v) is 10.7. The van der Waals surface area contributed by atoms with Crippen molar-refractivity contribution in [1.29, 1.82) is 0 Å². The van der Waals surface area contributed by atoms with Crippen molar-refractivity contribution in [3.8, 4) is 5.75 Å². The van der Waals surface area contributed by atoms with Crippen LogP contribution in [0.15, 0.2) is 30.7 Å². The number of thiocarbonyl (C=S) groups is 1. The molecule has 27 heavy (non-hydrogen) atoms. The lowest BCUT2D eigenvalue weighted by molar-refractivity contribution is 0.303. The standard InChI is InChI=1S/C22H33N3OS/c1-3-5-7-9-18-15-19(10-11-21(18)26-14-8-6-4-2)22(27)24-13-12-20-16-23-17-25-20/h10-11,15-17H,3-9,12-14H2,1-2H3,(H,23,25)(H,24,27). The summed E-state index contributed by atoms with van der Waals surface area (Å²) >= 11 is 5.60. The van der Waals surface area contributed by atoms with E-state index < -0.39 is 0 Å². The number of unbranched alkanes of at least 4 members (excludes halogenated alkanes) is 4. The highest BCUT2D eigenvalue weighted by Gasteiger charge is 2.09. The maximum atomic E-state index is 6.06. The monoisotopic (exact) mass is 387 g/mol. The van der Waals surface area contributed by atoms with Crippen LogP contribution in [-0.2, 0) is 12.8 Å². The van der Waals surface area contributed by atoms with Gasteiger partial charge in [0, 0.05) is 30.4 Å². The highest BCUT2D eigenvalue weighted by molar-refractivity contribution is 7.80. The van der Waals surface area contributed by atoms with Crippen LogP contribution < -0.4 is 10.1 Å². The molecule has 5 heteroatoms. The van der Waals surface area contributed by atoms with E-state index in [4.69, 9.17) is 17.0 Å². The Morgan fingerprint density at radius 1 is 1.11 bits per heavy atom.